The van der Waals surface area contributed by atoms with E-state index in [0.717, 1.165) is 16.6 Å². The zero-order valence-corrected chi connectivity index (χ0v) is 14.1. The average molecular weight is 333 g/mol. The summed E-state index contributed by atoms with van der Waals surface area (Å²) in [6.07, 6.45) is 0. The molecule has 0 unspecified atom stereocenters. The molecule has 3 rings (SSSR count). The Kier molecular flexibility index (Phi) is 4.23. The Hall–Kier alpha value is -3.21. The number of fused-ring (bicyclic) bond motifs is 1. The van der Waals surface area contributed by atoms with Gasteiger partial charge in [0.15, 0.2) is 0 Å². The topological polar surface area (TPSA) is 85.1 Å². The van der Waals surface area contributed by atoms with E-state index in [2.05, 4.69) is 10.3 Å². The Labute approximate surface area is 145 Å². The number of nitrogens with zero attached hydrogens (tertiary/aromatic N) is 1. The monoisotopic (exact) mass is 333 g/mol. The molecule has 1 atom stereocenters. The lowest BCUT2D eigenvalue weighted by molar-refractivity contribution is -0.123. The summed E-state index contributed by atoms with van der Waals surface area (Å²) in [7, 11) is 0. The molecule has 0 aliphatic heterocycles. The number of benzene rings is 2. The summed E-state index contributed by atoms with van der Waals surface area (Å²) in [4.78, 5) is 29.5. The van der Waals surface area contributed by atoms with Crippen LogP contribution >= 0.6 is 0 Å². The number of primary amides is 1. The number of pyridine rings is 1. The molecule has 3 N–H and O–H groups in total. The Balaban J connectivity index is 2.05. The molecule has 0 spiro atoms. The minimum atomic E-state index is -1.31. The van der Waals surface area contributed by atoms with Gasteiger partial charge in [-0.1, -0.05) is 48.5 Å². The molecular formula is C20H19N3O2. The first-order valence-electron chi connectivity index (χ1n) is 7.96. The molecule has 25 heavy (non-hydrogen) atoms. The highest BCUT2D eigenvalue weighted by atomic mass is 16.2. The van der Waals surface area contributed by atoms with Gasteiger partial charge in [0.2, 0.25) is 5.91 Å². The Morgan fingerprint density at radius 3 is 2.36 bits per heavy atom. The lowest BCUT2D eigenvalue weighted by atomic mass is 9.90. The second-order valence-corrected chi connectivity index (χ2v) is 6.14. The van der Waals surface area contributed by atoms with Crippen molar-refractivity contribution in [2.24, 2.45) is 5.73 Å². The van der Waals surface area contributed by atoms with E-state index in [1.165, 1.54) is 0 Å². The summed E-state index contributed by atoms with van der Waals surface area (Å²) in [5.41, 5.74) is 6.85. The molecule has 0 aliphatic carbocycles. The minimum Gasteiger partial charge on any atom is -0.367 e. The van der Waals surface area contributed by atoms with Crippen LogP contribution in [0.4, 0.5) is 0 Å². The Morgan fingerprint density at radius 1 is 1.04 bits per heavy atom. The van der Waals surface area contributed by atoms with Gasteiger partial charge in [0.25, 0.3) is 5.91 Å². The SMILES string of the molecule is Cc1cc(C(=O)N[C@](C)(C(N)=O)c2ccccc2)c2ccccc2n1. The van der Waals surface area contributed by atoms with Crippen molar-refractivity contribution < 1.29 is 9.59 Å². The van der Waals surface area contributed by atoms with Gasteiger partial charge in [0.1, 0.15) is 5.54 Å². The van der Waals surface area contributed by atoms with E-state index < -0.39 is 11.4 Å². The van der Waals surface area contributed by atoms with Crippen molar-refractivity contribution in [2.45, 2.75) is 19.4 Å². The maximum atomic E-state index is 13.0. The highest BCUT2D eigenvalue weighted by molar-refractivity contribution is 6.08. The average Bonchev–Trinajstić information content (AvgIpc) is 2.61. The zero-order chi connectivity index (χ0) is 18.0. The van der Waals surface area contributed by atoms with Crippen LogP contribution in [0.2, 0.25) is 0 Å². The number of aryl methyl sites for hydroxylation is 1. The summed E-state index contributed by atoms with van der Waals surface area (Å²) in [5.74, 6) is -0.992. The van der Waals surface area contributed by atoms with Gasteiger partial charge in [-0.3, -0.25) is 14.6 Å². The molecule has 0 saturated heterocycles. The molecule has 5 nitrogen and oxygen atoms in total. The second kappa shape index (κ2) is 6.36. The highest BCUT2D eigenvalue weighted by Gasteiger charge is 2.35. The smallest absolute Gasteiger partial charge is 0.253 e. The first-order valence-corrected chi connectivity index (χ1v) is 7.96. The fourth-order valence-corrected chi connectivity index (χ4v) is 2.84. The highest BCUT2D eigenvalue weighted by Crippen LogP contribution is 2.23. The molecule has 1 aromatic heterocycles. The van der Waals surface area contributed by atoms with Crippen LogP contribution in [0.5, 0.6) is 0 Å². The van der Waals surface area contributed by atoms with E-state index in [4.69, 9.17) is 5.73 Å². The van der Waals surface area contributed by atoms with Crippen molar-refractivity contribution in [1.29, 1.82) is 0 Å². The van der Waals surface area contributed by atoms with Gasteiger partial charge in [-0.15, -0.1) is 0 Å². The molecule has 0 bridgehead atoms. The standard InChI is InChI=1S/C20H19N3O2/c1-13-12-16(15-10-6-7-11-17(15)22-13)18(24)23-20(2,19(21)25)14-8-4-3-5-9-14/h3-12H,1-2H3,(H2,21,25)(H,23,24)/t20-/m0/s1. The lowest BCUT2D eigenvalue weighted by Crippen LogP contribution is -2.52. The van der Waals surface area contributed by atoms with Gasteiger partial charge in [-0.25, -0.2) is 0 Å². The van der Waals surface area contributed by atoms with Crippen LogP contribution in [0.1, 0.15) is 28.5 Å². The van der Waals surface area contributed by atoms with Gasteiger partial charge in [-0.05, 0) is 31.5 Å². The lowest BCUT2D eigenvalue weighted by Gasteiger charge is -2.28. The van der Waals surface area contributed by atoms with E-state index in [9.17, 15) is 9.59 Å². The maximum absolute atomic E-state index is 13.0. The molecule has 1 heterocycles. The van der Waals surface area contributed by atoms with E-state index in [0.29, 0.717) is 11.1 Å². The largest absolute Gasteiger partial charge is 0.367 e. The van der Waals surface area contributed by atoms with Crippen LogP contribution in [-0.4, -0.2) is 16.8 Å². The first-order chi connectivity index (χ1) is 11.9. The van der Waals surface area contributed by atoms with Crippen molar-refractivity contribution in [1.82, 2.24) is 10.3 Å². The number of nitrogens with one attached hydrogen (secondary N) is 1. The first kappa shape index (κ1) is 16.6. The van der Waals surface area contributed by atoms with E-state index in [-0.39, 0.29) is 5.91 Å². The molecule has 126 valence electrons. The van der Waals surface area contributed by atoms with E-state index >= 15 is 0 Å². The predicted molar refractivity (Wildman–Crippen MR) is 96.9 cm³/mol. The molecule has 0 saturated carbocycles. The molecule has 0 aliphatic rings. The summed E-state index contributed by atoms with van der Waals surface area (Å²) < 4.78 is 0. The number of nitrogens with two attached hydrogens (primary N) is 1. The molecule has 2 aromatic carbocycles. The van der Waals surface area contributed by atoms with Crippen LogP contribution < -0.4 is 11.1 Å². The quantitative estimate of drug-likeness (QED) is 0.770. The number of rotatable bonds is 4. The van der Waals surface area contributed by atoms with Gasteiger partial charge >= 0.3 is 0 Å². The van der Waals surface area contributed by atoms with Crippen LogP contribution in [-0.2, 0) is 10.3 Å². The number of carbonyl (C=O) groups is 2. The van der Waals surface area contributed by atoms with Gasteiger partial charge in [0, 0.05) is 11.1 Å². The van der Waals surface area contributed by atoms with Crippen LogP contribution in [0.3, 0.4) is 0 Å². The van der Waals surface area contributed by atoms with Crippen LogP contribution in [0, 0.1) is 6.92 Å². The van der Waals surface area contributed by atoms with Crippen LogP contribution in [0.25, 0.3) is 10.9 Å². The molecule has 0 fully saturated rings. The van der Waals surface area contributed by atoms with Crippen molar-refractivity contribution in [3.05, 3.63) is 77.5 Å². The van der Waals surface area contributed by atoms with E-state index in [1.54, 1.807) is 37.3 Å². The number of amides is 2. The number of aromatic nitrogens is 1. The molecule has 2 amide bonds. The maximum Gasteiger partial charge on any atom is 0.253 e. The summed E-state index contributed by atoms with van der Waals surface area (Å²) in [6.45, 7) is 3.44. The van der Waals surface area contributed by atoms with Gasteiger partial charge < -0.3 is 11.1 Å². The van der Waals surface area contributed by atoms with Crippen molar-refractivity contribution >= 4 is 22.7 Å². The number of hydrogen-bond acceptors (Lipinski definition) is 3. The Bertz CT molecular complexity index is 954. The van der Waals surface area contributed by atoms with Crippen LogP contribution in [0.15, 0.2) is 60.7 Å². The number of hydrogen-bond donors (Lipinski definition) is 2. The molecule has 0 radical (unpaired) electrons. The fourth-order valence-electron chi connectivity index (χ4n) is 2.84. The van der Waals surface area contributed by atoms with Crippen molar-refractivity contribution in [2.75, 3.05) is 0 Å². The van der Waals surface area contributed by atoms with Gasteiger partial charge in [-0.2, -0.15) is 0 Å². The van der Waals surface area contributed by atoms with Crippen molar-refractivity contribution in [3.8, 4) is 0 Å². The summed E-state index contributed by atoms with van der Waals surface area (Å²) in [5, 5.41) is 3.53. The Morgan fingerprint density at radius 2 is 1.68 bits per heavy atom. The zero-order valence-electron chi connectivity index (χ0n) is 14.1. The van der Waals surface area contributed by atoms with Crippen molar-refractivity contribution in [3.63, 3.8) is 0 Å². The third-order valence-electron chi connectivity index (χ3n) is 4.30. The molecular weight excluding hydrogens is 314 g/mol. The molecule has 3 aromatic rings. The predicted octanol–water partition coefficient (Wildman–Crippen LogP) is 2.67. The van der Waals surface area contributed by atoms with E-state index in [1.807, 2.05) is 37.3 Å². The number of para-hydroxylation sites is 1. The minimum absolute atomic E-state index is 0.369. The number of carbonyl (C=O) groups excluding carboxylic acids is 2. The molecule has 5 heteroatoms. The fraction of sp³-hybridized carbons (Fsp3) is 0.150. The third kappa shape index (κ3) is 3.08. The summed E-state index contributed by atoms with van der Waals surface area (Å²) >= 11 is 0. The summed E-state index contributed by atoms with van der Waals surface area (Å²) in [6, 6.07) is 18.1. The third-order valence-corrected chi connectivity index (χ3v) is 4.30. The second-order valence-electron chi connectivity index (χ2n) is 6.14. The normalized spacial score (nSPS) is 13.2. The van der Waals surface area contributed by atoms with Gasteiger partial charge in [0.05, 0.1) is 11.1 Å².